The van der Waals surface area contributed by atoms with Gasteiger partial charge in [0.1, 0.15) is 79.4 Å². The third-order valence-corrected chi connectivity index (χ3v) is 19.7. The van der Waals surface area contributed by atoms with Crippen molar-refractivity contribution in [3.8, 4) is 0 Å². The van der Waals surface area contributed by atoms with E-state index in [0.29, 0.717) is 48.3 Å². The normalized spacial score (nSPS) is 58.4. The molecule has 20 nitrogen and oxygen atoms in total. The lowest BCUT2D eigenvalue weighted by atomic mass is 9.47. The molecule has 0 amide bonds. The first-order valence-corrected chi connectivity index (χ1v) is 26.6. The second-order valence-electron chi connectivity index (χ2n) is 23.8. The molecule has 6 heterocycles. The van der Waals surface area contributed by atoms with Gasteiger partial charge in [-0.3, -0.25) is 0 Å². The van der Waals surface area contributed by atoms with Crippen LogP contribution in [0.4, 0.5) is 0 Å². The molecular weight excluding hydrogens is 933 g/mol. The Morgan fingerprint density at radius 2 is 1.18 bits per heavy atom. The largest absolute Gasteiger partial charge is 0.394 e. The van der Waals surface area contributed by atoms with Crippen LogP contribution in [0.3, 0.4) is 0 Å². The van der Waals surface area contributed by atoms with Crippen molar-refractivity contribution in [1.29, 1.82) is 0 Å². The molecule has 10 rings (SSSR count). The van der Waals surface area contributed by atoms with E-state index in [9.17, 15) is 51.1 Å². The van der Waals surface area contributed by atoms with Crippen molar-refractivity contribution in [2.75, 3.05) is 13.2 Å². The van der Waals surface area contributed by atoms with Crippen LogP contribution in [0.2, 0.25) is 0 Å². The van der Waals surface area contributed by atoms with Gasteiger partial charge >= 0.3 is 0 Å². The van der Waals surface area contributed by atoms with Gasteiger partial charge in [-0.2, -0.15) is 0 Å². The molecule has 0 aromatic carbocycles. The first kappa shape index (κ1) is 53.3. The number of allylic oxidation sites excluding steroid dienone is 1. The monoisotopic (exact) mass is 1010 g/mol. The van der Waals surface area contributed by atoms with Crippen LogP contribution >= 0.6 is 0 Å². The van der Waals surface area contributed by atoms with Crippen LogP contribution in [0, 0.1) is 46.3 Å². The molecular formula is C51H82O20. The summed E-state index contributed by atoms with van der Waals surface area (Å²) in [7, 11) is 0. The summed E-state index contributed by atoms with van der Waals surface area (Å²) in [5, 5.41) is 109. The zero-order chi connectivity index (χ0) is 50.8. The molecule has 3 saturated carbocycles. The summed E-state index contributed by atoms with van der Waals surface area (Å²) in [4.78, 5) is 0. The Hall–Kier alpha value is -1.06. The predicted molar refractivity (Wildman–Crippen MR) is 244 cm³/mol. The summed E-state index contributed by atoms with van der Waals surface area (Å²) in [5.74, 6) is 2.63. The minimum absolute atomic E-state index is 0.00819. The number of ether oxygens (including phenoxy) is 10. The van der Waals surface area contributed by atoms with Crippen LogP contribution in [0.5, 0.6) is 0 Å². The van der Waals surface area contributed by atoms with Crippen LogP contribution in [0.1, 0.15) is 106 Å². The van der Waals surface area contributed by atoms with Gasteiger partial charge < -0.3 is 98.4 Å². The molecule has 9 fully saturated rings. The van der Waals surface area contributed by atoms with Gasteiger partial charge in [-0.1, -0.05) is 39.3 Å². The van der Waals surface area contributed by atoms with Gasteiger partial charge in [-0.05, 0) is 113 Å². The molecule has 10 N–H and O–H groups in total. The van der Waals surface area contributed by atoms with Crippen LogP contribution in [0.15, 0.2) is 11.6 Å². The van der Waals surface area contributed by atoms with Gasteiger partial charge in [-0.25, -0.2) is 0 Å². The molecule has 0 aromatic heterocycles. The maximum atomic E-state index is 11.9. The minimum Gasteiger partial charge on any atom is -0.394 e. The number of rotatable bonds is 9. The Kier molecular flexibility index (Phi) is 15.1. The second-order valence-corrected chi connectivity index (χ2v) is 23.8. The van der Waals surface area contributed by atoms with Crippen molar-refractivity contribution in [3.63, 3.8) is 0 Å². The summed E-state index contributed by atoms with van der Waals surface area (Å²) in [6.07, 6.45) is -19.2. The van der Waals surface area contributed by atoms with E-state index < -0.39 is 135 Å². The second kappa shape index (κ2) is 20.1. The van der Waals surface area contributed by atoms with E-state index in [4.69, 9.17) is 47.4 Å². The van der Waals surface area contributed by atoms with Crippen molar-refractivity contribution in [1.82, 2.24) is 0 Å². The lowest BCUT2D eigenvalue weighted by Crippen LogP contribution is -2.67. The van der Waals surface area contributed by atoms with Gasteiger partial charge in [0, 0.05) is 12.3 Å². The lowest BCUT2D eigenvalue weighted by molar-refractivity contribution is -0.395. The van der Waals surface area contributed by atoms with E-state index in [1.807, 2.05) is 0 Å². The van der Waals surface area contributed by atoms with E-state index in [2.05, 4.69) is 33.8 Å². The van der Waals surface area contributed by atoms with Crippen molar-refractivity contribution in [2.45, 2.75) is 247 Å². The zero-order valence-electron chi connectivity index (χ0n) is 42.1. The molecule has 1 spiro atoms. The number of hydrogen-bond acceptors (Lipinski definition) is 20. The molecule has 0 bridgehead atoms. The van der Waals surface area contributed by atoms with Gasteiger partial charge in [0.05, 0.1) is 43.7 Å². The number of aliphatic hydroxyl groups is 10. The molecule has 20 heteroatoms. The van der Waals surface area contributed by atoms with E-state index in [-0.39, 0.29) is 23.0 Å². The topological polar surface area (TPSA) is 295 Å². The Morgan fingerprint density at radius 1 is 0.592 bits per heavy atom. The maximum Gasteiger partial charge on any atom is 0.187 e. The SMILES string of the molecule is C[C@@H]1CC[C@@]2(OC1)O[C@H]1C[C@H]3[C@@H]4CC=C5C[C@@H](O[C@@H]6O[C@H](CO)[C@@H](O[C@@H]7O[C@@H](C)[C@H](O[C@@H]8O[C@@H](C)[C@H](O)[C@@H](O)[C@H]8O)[C@@H](O[C@@H]8O[C@@H](C)[C@H](O)[C@@H](O)[C@H]8O)[C@H]7O)[C@H](O)[C@H]6O)CC[C@]5(C)[C@H]4CC[C@]3(C)[C@H]1[C@@H]2C. The highest BCUT2D eigenvalue weighted by atomic mass is 16.8. The quantitative estimate of drug-likeness (QED) is 0.137. The van der Waals surface area contributed by atoms with Crippen LogP contribution in [0.25, 0.3) is 0 Å². The summed E-state index contributed by atoms with van der Waals surface area (Å²) in [6.45, 7) is 14.1. The van der Waals surface area contributed by atoms with E-state index in [1.54, 1.807) is 0 Å². The Labute approximate surface area is 415 Å². The van der Waals surface area contributed by atoms with Crippen molar-refractivity contribution < 1.29 is 98.4 Å². The van der Waals surface area contributed by atoms with Gasteiger partial charge in [0.15, 0.2) is 30.9 Å². The van der Waals surface area contributed by atoms with E-state index >= 15 is 0 Å². The Morgan fingerprint density at radius 3 is 1.82 bits per heavy atom. The first-order valence-electron chi connectivity index (χ1n) is 26.6. The third-order valence-electron chi connectivity index (χ3n) is 19.7. The van der Waals surface area contributed by atoms with Crippen LogP contribution < -0.4 is 0 Å². The maximum absolute atomic E-state index is 11.9. The lowest BCUT2D eigenvalue weighted by Gasteiger charge is -2.58. The molecule has 0 radical (unpaired) electrons. The highest BCUT2D eigenvalue weighted by molar-refractivity contribution is 5.26. The standard InChI is InChI=1S/C51H82O20/c1-20-10-15-51(62-19-20)21(2)32-30(71-51)17-29-27-9-8-25-16-26(11-13-49(25,6)28(27)12-14-50(29,32)7)66-47-40(60)37(57)43(31(18-52)67-47)69-48-41(61)44(70-46-39(59)36(56)34(54)23(4)64-46)42(24(5)65-48)68-45-38(58)35(55)33(53)22(3)63-45/h8,20-24,26-48,52-61H,9-19H2,1-7H3/t20-,21+,22+,23+,24+,26+,27-,28+,29+,30+,31-,32+,33+,34+,35-,36-,37-,38-,39-,40-,41-,42+,43-,44+,45+,46+,47-,48+,49+,50+,51-/m1/s1. The number of fused-ring (bicyclic) bond motifs is 7. The third kappa shape index (κ3) is 9.03. The number of hydrogen-bond donors (Lipinski definition) is 10. The molecule has 0 unspecified atom stereocenters. The van der Waals surface area contributed by atoms with Crippen molar-refractivity contribution in [3.05, 3.63) is 11.6 Å². The molecule has 0 aromatic rings. The molecule has 31 atom stereocenters. The minimum atomic E-state index is -1.87. The Bertz CT molecular complexity index is 1890. The molecule has 4 aliphatic carbocycles. The predicted octanol–water partition coefficient (Wildman–Crippen LogP) is 0.0935. The van der Waals surface area contributed by atoms with Crippen LogP contribution in [-0.2, 0) is 47.4 Å². The zero-order valence-corrected chi connectivity index (χ0v) is 42.1. The fourth-order valence-corrected chi connectivity index (χ4v) is 15.4. The Balaban J connectivity index is 0.794. The first-order chi connectivity index (χ1) is 33.6. The average molecular weight is 1020 g/mol. The van der Waals surface area contributed by atoms with Crippen molar-refractivity contribution in [2.24, 2.45) is 46.3 Å². The number of aliphatic hydroxyl groups excluding tert-OH is 10. The molecule has 406 valence electrons. The highest BCUT2D eigenvalue weighted by Crippen LogP contribution is 2.70. The fraction of sp³-hybridized carbons (Fsp3) is 0.961. The summed E-state index contributed by atoms with van der Waals surface area (Å²) >= 11 is 0. The smallest absolute Gasteiger partial charge is 0.187 e. The van der Waals surface area contributed by atoms with Gasteiger partial charge in [0.2, 0.25) is 0 Å². The van der Waals surface area contributed by atoms with E-state index in [1.165, 1.54) is 32.8 Å². The molecule has 10 aliphatic rings. The highest BCUT2D eigenvalue weighted by Gasteiger charge is 2.69. The average Bonchev–Trinajstić information content (AvgIpc) is 3.79. The fourth-order valence-electron chi connectivity index (χ4n) is 15.4. The van der Waals surface area contributed by atoms with Crippen molar-refractivity contribution >= 4 is 0 Å². The molecule has 71 heavy (non-hydrogen) atoms. The summed E-state index contributed by atoms with van der Waals surface area (Å²) in [6, 6.07) is 0. The van der Waals surface area contributed by atoms with Crippen LogP contribution in [-0.4, -0.2) is 205 Å². The molecule has 6 aliphatic heterocycles. The summed E-state index contributed by atoms with van der Waals surface area (Å²) < 4.78 is 61.9. The molecule has 6 saturated heterocycles. The van der Waals surface area contributed by atoms with E-state index in [0.717, 1.165) is 45.1 Å². The van der Waals surface area contributed by atoms with Gasteiger partial charge in [0.25, 0.3) is 0 Å². The summed E-state index contributed by atoms with van der Waals surface area (Å²) in [5.41, 5.74) is 1.54. The van der Waals surface area contributed by atoms with Gasteiger partial charge in [-0.15, -0.1) is 0 Å².